The van der Waals surface area contributed by atoms with Crippen molar-refractivity contribution in [1.29, 1.82) is 0 Å². The molecule has 3 heteroatoms. The molecule has 0 aliphatic rings. The number of para-hydroxylation sites is 1. The average Bonchev–Trinajstić information content (AvgIpc) is 2.52. The molecule has 0 N–H and O–H groups in total. The molecule has 0 aliphatic carbocycles. The quantitative estimate of drug-likeness (QED) is 0.718. The number of rotatable bonds is 7. The largest absolute Gasteiger partial charge is 0.493 e. The molecule has 0 heterocycles. The third kappa shape index (κ3) is 4.63. The summed E-state index contributed by atoms with van der Waals surface area (Å²) < 4.78 is 11.5. The van der Waals surface area contributed by atoms with Gasteiger partial charge in [0.2, 0.25) is 0 Å². The Balaban J connectivity index is 2.00. The molecule has 110 valence electrons. The Bertz CT molecular complexity index is 573. The molecule has 0 atom stereocenters. The predicted molar refractivity (Wildman–Crippen MR) is 82.9 cm³/mol. The molecule has 21 heavy (non-hydrogen) atoms. The molecule has 2 aromatic rings. The summed E-state index contributed by atoms with van der Waals surface area (Å²) >= 11 is 0. The first-order valence-electron chi connectivity index (χ1n) is 7.08. The van der Waals surface area contributed by atoms with Crippen molar-refractivity contribution in [2.45, 2.75) is 20.5 Å². The maximum atomic E-state index is 10.6. The molecule has 2 aromatic carbocycles. The van der Waals surface area contributed by atoms with Crippen molar-refractivity contribution in [2.24, 2.45) is 5.92 Å². The van der Waals surface area contributed by atoms with Crippen molar-refractivity contribution >= 4 is 6.29 Å². The van der Waals surface area contributed by atoms with E-state index < -0.39 is 0 Å². The van der Waals surface area contributed by atoms with E-state index in [0.29, 0.717) is 24.7 Å². The van der Waals surface area contributed by atoms with E-state index in [2.05, 4.69) is 13.8 Å². The topological polar surface area (TPSA) is 35.5 Å². The van der Waals surface area contributed by atoms with E-state index >= 15 is 0 Å². The molecule has 2 rings (SSSR count). The number of carbonyl (C=O) groups excluding carboxylic acids is 1. The first-order chi connectivity index (χ1) is 10.2. The lowest BCUT2D eigenvalue weighted by atomic mass is 10.2. The van der Waals surface area contributed by atoms with Gasteiger partial charge in [-0.05, 0) is 36.2 Å². The van der Waals surface area contributed by atoms with Gasteiger partial charge in [-0.25, -0.2) is 0 Å². The van der Waals surface area contributed by atoms with Crippen LogP contribution in [0.3, 0.4) is 0 Å². The fourth-order valence-electron chi connectivity index (χ4n) is 1.82. The van der Waals surface area contributed by atoms with Gasteiger partial charge in [-0.2, -0.15) is 0 Å². The third-order valence-electron chi connectivity index (χ3n) is 2.96. The Morgan fingerprint density at radius 3 is 2.38 bits per heavy atom. The van der Waals surface area contributed by atoms with Gasteiger partial charge in [0.25, 0.3) is 0 Å². The van der Waals surface area contributed by atoms with Crippen LogP contribution in [0.15, 0.2) is 48.5 Å². The van der Waals surface area contributed by atoms with Crippen molar-refractivity contribution in [3.8, 4) is 11.5 Å². The number of carbonyl (C=O) groups is 1. The van der Waals surface area contributed by atoms with Crippen LogP contribution in [-0.4, -0.2) is 12.9 Å². The molecule has 0 spiro atoms. The van der Waals surface area contributed by atoms with Gasteiger partial charge < -0.3 is 9.47 Å². The molecule has 0 radical (unpaired) electrons. The van der Waals surface area contributed by atoms with E-state index in [4.69, 9.17) is 9.47 Å². The summed E-state index contributed by atoms with van der Waals surface area (Å²) in [6.45, 7) is 5.36. The van der Waals surface area contributed by atoms with E-state index in [0.717, 1.165) is 23.3 Å². The van der Waals surface area contributed by atoms with Crippen LogP contribution in [0.4, 0.5) is 0 Å². The molecular formula is C18H20O3. The smallest absolute Gasteiger partial charge is 0.150 e. The molecule has 0 saturated heterocycles. The number of hydrogen-bond donors (Lipinski definition) is 0. The number of aldehydes is 1. The first kappa shape index (κ1) is 15.1. The Labute approximate surface area is 125 Å². The molecule has 0 saturated carbocycles. The minimum atomic E-state index is 0.439. The number of ether oxygens (including phenoxy) is 2. The highest BCUT2D eigenvalue weighted by Gasteiger charge is 2.05. The highest BCUT2D eigenvalue weighted by molar-refractivity contribution is 5.74. The van der Waals surface area contributed by atoms with E-state index in [1.54, 1.807) is 24.3 Å². The summed E-state index contributed by atoms with van der Waals surface area (Å²) in [6.07, 6.45) is 0.818. The first-order valence-corrected chi connectivity index (χ1v) is 7.08. The molecule has 0 amide bonds. The zero-order chi connectivity index (χ0) is 15.1. The van der Waals surface area contributed by atoms with Gasteiger partial charge in [-0.15, -0.1) is 0 Å². The van der Waals surface area contributed by atoms with Crippen molar-refractivity contribution < 1.29 is 14.3 Å². The van der Waals surface area contributed by atoms with Crippen molar-refractivity contribution in [1.82, 2.24) is 0 Å². The van der Waals surface area contributed by atoms with Crippen LogP contribution in [0.5, 0.6) is 11.5 Å². The molecule has 0 fully saturated rings. The van der Waals surface area contributed by atoms with Crippen molar-refractivity contribution in [2.75, 3.05) is 6.61 Å². The van der Waals surface area contributed by atoms with Crippen molar-refractivity contribution in [3.63, 3.8) is 0 Å². The Kier molecular flexibility index (Phi) is 5.38. The zero-order valence-corrected chi connectivity index (χ0v) is 12.4. The summed E-state index contributed by atoms with van der Waals surface area (Å²) in [6, 6.07) is 14.9. The summed E-state index contributed by atoms with van der Waals surface area (Å²) in [4.78, 5) is 10.6. The molecule has 0 aliphatic heterocycles. The van der Waals surface area contributed by atoms with Crippen LogP contribution in [0.25, 0.3) is 0 Å². The highest BCUT2D eigenvalue weighted by Crippen LogP contribution is 2.21. The molecule has 0 unspecified atom stereocenters. The van der Waals surface area contributed by atoms with Gasteiger partial charge in [0.15, 0.2) is 0 Å². The lowest BCUT2D eigenvalue weighted by Gasteiger charge is -2.13. The molecule has 0 bridgehead atoms. The standard InChI is InChI=1S/C18H20O3/c1-14(2)12-21-18-6-4-3-5-16(18)13-20-17-9-7-15(11-19)8-10-17/h3-11,14H,12-13H2,1-2H3. The van der Waals surface area contributed by atoms with Gasteiger partial charge in [0.1, 0.15) is 24.4 Å². The summed E-state index contributed by atoms with van der Waals surface area (Å²) in [5.41, 5.74) is 1.65. The monoisotopic (exact) mass is 284 g/mol. The molecule has 0 aromatic heterocycles. The van der Waals surface area contributed by atoms with Gasteiger partial charge in [0.05, 0.1) is 6.61 Å². The Morgan fingerprint density at radius 2 is 1.71 bits per heavy atom. The van der Waals surface area contributed by atoms with E-state index in [-0.39, 0.29) is 0 Å². The lowest BCUT2D eigenvalue weighted by molar-refractivity contribution is 0.112. The fourth-order valence-corrected chi connectivity index (χ4v) is 1.82. The van der Waals surface area contributed by atoms with Crippen LogP contribution in [0.1, 0.15) is 29.8 Å². The summed E-state index contributed by atoms with van der Waals surface area (Å²) in [7, 11) is 0. The van der Waals surface area contributed by atoms with Crippen LogP contribution < -0.4 is 9.47 Å². The number of benzene rings is 2. The highest BCUT2D eigenvalue weighted by atomic mass is 16.5. The van der Waals surface area contributed by atoms with Gasteiger partial charge in [-0.3, -0.25) is 4.79 Å². The van der Waals surface area contributed by atoms with Crippen LogP contribution >= 0.6 is 0 Å². The van der Waals surface area contributed by atoms with Crippen molar-refractivity contribution in [3.05, 3.63) is 59.7 Å². The molecular weight excluding hydrogens is 264 g/mol. The average molecular weight is 284 g/mol. The maximum absolute atomic E-state index is 10.6. The third-order valence-corrected chi connectivity index (χ3v) is 2.96. The predicted octanol–water partition coefficient (Wildman–Crippen LogP) is 4.11. The van der Waals surface area contributed by atoms with Gasteiger partial charge in [-0.1, -0.05) is 32.0 Å². The lowest BCUT2D eigenvalue weighted by Crippen LogP contribution is -2.07. The Hall–Kier alpha value is -2.29. The summed E-state index contributed by atoms with van der Waals surface area (Å²) in [5.74, 6) is 2.07. The zero-order valence-electron chi connectivity index (χ0n) is 12.4. The molecule has 3 nitrogen and oxygen atoms in total. The Morgan fingerprint density at radius 1 is 1.00 bits per heavy atom. The van der Waals surface area contributed by atoms with E-state index in [1.165, 1.54) is 0 Å². The SMILES string of the molecule is CC(C)COc1ccccc1COc1ccc(C=O)cc1. The van der Waals surface area contributed by atoms with Gasteiger partial charge in [0, 0.05) is 11.1 Å². The van der Waals surface area contributed by atoms with Crippen LogP contribution in [0.2, 0.25) is 0 Å². The maximum Gasteiger partial charge on any atom is 0.150 e. The van der Waals surface area contributed by atoms with Crippen LogP contribution in [-0.2, 0) is 6.61 Å². The minimum absolute atomic E-state index is 0.439. The van der Waals surface area contributed by atoms with Crippen LogP contribution in [0, 0.1) is 5.92 Å². The fraction of sp³-hybridized carbons (Fsp3) is 0.278. The van der Waals surface area contributed by atoms with Gasteiger partial charge >= 0.3 is 0 Å². The summed E-state index contributed by atoms with van der Waals surface area (Å²) in [5, 5.41) is 0. The number of hydrogen-bond acceptors (Lipinski definition) is 3. The second kappa shape index (κ2) is 7.48. The van der Waals surface area contributed by atoms with E-state index in [1.807, 2.05) is 24.3 Å². The van der Waals surface area contributed by atoms with E-state index in [9.17, 15) is 4.79 Å². The normalized spacial score (nSPS) is 10.4. The second-order valence-corrected chi connectivity index (χ2v) is 5.29. The minimum Gasteiger partial charge on any atom is -0.493 e. The second-order valence-electron chi connectivity index (χ2n) is 5.29.